The van der Waals surface area contributed by atoms with E-state index in [2.05, 4.69) is 9.47 Å². The number of aliphatic hydroxyl groups excluding tert-OH is 4. The molecular weight excluding hydrogens is 380 g/mol. The molecule has 0 heterocycles. The van der Waals surface area contributed by atoms with Crippen molar-refractivity contribution in [1.82, 2.24) is 0 Å². The molecule has 0 aliphatic carbocycles. The summed E-state index contributed by atoms with van der Waals surface area (Å²) in [7, 11) is 1.25. The van der Waals surface area contributed by atoms with Crippen LogP contribution in [0.2, 0.25) is 0 Å². The van der Waals surface area contributed by atoms with Gasteiger partial charge in [0.15, 0.2) is 0 Å². The zero-order valence-electron chi connectivity index (χ0n) is 16.9. The average Bonchev–Trinajstić information content (AvgIpc) is 2.36. The fraction of sp³-hybridized carbons (Fsp3) is 0.647. The summed E-state index contributed by atoms with van der Waals surface area (Å²) in [5, 5.41) is 33.0. The molecule has 0 aromatic rings. The van der Waals surface area contributed by atoms with Gasteiger partial charge in [0.2, 0.25) is 0 Å². The molecule has 0 amide bonds. The molecule has 0 aliphatic heterocycles. The van der Waals surface area contributed by atoms with Crippen molar-refractivity contribution in [1.29, 1.82) is 0 Å². The minimum atomic E-state index is -0.537. The summed E-state index contributed by atoms with van der Waals surface area (Å²) >= 11 is 0. The molecule has 0 radical (unpaired) electrons. The molecule has 0 spiro atoms. The molecule has 8 nitrogen and oxygen atoms in total. The second-order valence-electron chi connectivity index (χ2n) is 5.03. The average molecular weight is 414 g/mol. The van der Waals surface area contributed by atoms with Gasteiger partial charge in [-0.25, -0.2) is 9.59 Å². The Hall–Kier alpha value is -1.35. The fourth-order valence-electron chi connectivity index (χ4n) is 0.584. The number of methoxy groups -OCH3 is 1. The second-order valence-corrected chi connectivity index (χ2v) is 5.03. The van der Waals surface area contributed by atoms with E-state index in [4.69, 9.17) is 20.4 Å². The van der Waals surface area contributed by atoms with E-state index in [1.165, 1.54) is 21.0 Å². The van der Waals surface area contributed by atoms with Crippen molar-refractivity contribution in [2.45, 2.75) is 60.7 Å². The molecule has 0 fully saturated rings. The summed E-state index contributed by atoms with van der Waals surface area (Å²) in [6.07, 6.45) is 1.70. The Balaban J connectivity index is -0.0000000793. The first-order chi connectivity index (χ1) is 11.3. The van der Waals surface area contributed by atoms with Crippen molar-refractivity contribution in [3.63, 3.8) is 0 Å². The van der Waals surface area contributed by atoms with E-state index < -0.39 is 11.9 Å². The molecule has 154 valence electrons. The number of allylic oxidation sites excluding steroid dienone is 2. The standard InChI is InChI=1S/C6H10O3.C5H8O3.2C3H8O.Ti/c1-3-9-6(8)4-5(2)7;1-4(6)3-5(7)8-2;2*1-3(2)4;/h4,7H,3H2,1-2H3;3,6H,1-2H3;2*3-4H,1-2H3;. The van der Waals surface area contributed by atoms with Gasteiger partial charge in [-0.1, -0.05) is 0 Å². The topological polar surface area (TPSA) is 134 Å². The Bertz CT molecular complexity index is 371. The Labute approximate surface area is 171 Å². The van der Waals surface area contributed by atoms with E-state index in [0.29, 0.717) is 6.61 Å². The molecule has 0 aliphatic rings. The van der Waals surface area contributed by atoms with Crippen LogP contribution in [0, 0.1) is 0 Å². The van der Waals surface area contributed by atoms with Crippen LogP contribution in [0.4, 0.5) is 0 Å². The van der Waals surface area contributed by atoms with Gasteiger partial charge in [-0.05, 0) is 48.5 Å². The Morgan fingerprint density at radius 2 is 1.15 bits per heavy atom. The van der Waals surface area contributed by atoms with Crippen LogP contribution in [0.25, 0.3) is 0 Å². The predicted octanol–water partition coefficient (Wildman–Crippen LogP) is 2.40. The van der Waals surface area contributed by atoms with Crippen molar-refractivity contribution < 1.29 is 61.2 Å². The van der Waals surface area contributed by atoms with Gasteiger partial charge < -0.3 is 29.9 Å². The zero-order valence-corrected chi connectivity index (χ0v) is 18.5. The molecule has 0 saturated heterocycles. The fourth-order valence-corrected chi connectivity index (χ4v) is 0.584. The van der Waals surface area contributed by atoms with E-state index in [1.54, 1.807) is 34.6 Å². The van der Waals surface area contributed by atoms with E-state index in [-0.39, 0.29) is 45.4 Å². The molecule has 0 unspecified atom stereocenters. The van der Waals surface area contributed by atoms with Crippen LogP contribution < -0.4 is 0 Å². The van der Waals surface area contributed by atoms with Crippen LogP contribution in [-0.2, 0) is 40.8 Å². The van der Waals surface area contributed by atoms with Gasteiger partial charge in [0.1, 0.15) is 0 Å². The molecular formula is C17H34O8Ti. The van der Waals surface area contributed by atoms with Gasteiger partial charge in [-0.15, -0.1) is 0 Å². The van der Waals surface area contributed by atoms with Gasteiger partial charge >= 0.3 is 11.9 Å². The largest absolute Gasteiger partial charge is 0.512 e. The third-order valence-corrected chi connectivity index (χ3v) is 1.14. The molecule has 26 heavy (non-hydrogen) atoms. The first kappa shape index (κ1) is 35.7. The molecule has 0 rings (SSSR count). The van der Waals surface area contributed by atoms with Crippen molar-refractivity contribution >= 4 is 11.9 Å². The summed E-state index contributed by atoms with van der Waals surface area (Å²) in [5.74, 6) is -1.12. The van der Waals surface area contributed by atoms with E-state index >= 15 is 0 Å². The van der Waals surface area contributed by atoms with Crippen molar-refractivity contribution in [2.75, 3.05) is 13.7 Å². The zero-order chi connectivity index (χ0) is 21.0. The number of hydrogen-bond donors (Lipinski definition) is 4. The van der Waals surface area contributed by atoms with Crippen LogP contribution in [-0.4, -0.2) is 58.3 Å². The third-order valence-electron chi connectivity index (χ3n) is 1.14. The Kier molecular flexibility index (Phi) is 35.6. The minimum Gasteiger partial charge on any atom is -0.512 e. The first-order valence-electron chi connectivity index (χ1n) is 7.65. The molecule has 0 atom stereocenters. The summed E-state index contributed by atoms with van der Waals surface area (Å²) < 4.78 is 8.66. The Morgan fingerprint density at radius 3 is 1.31 bits per heavy atom. The van der Waals surface area contributed by atoms with E-state index in [9.17, 15) is 9.59 Å². The maximum atomic E-state index is 10.4. The summed E-state index contributed by atoms with van der Waals surface area (Å²) in [6.45, 7) is 11.7. The number of rotatable bonds is 3. The number of esters is 2. The van der Waals surface area contributed by atoms with Gasteiger partial charge in [-0.3, -0.25) is 0 Å². The second kappa shape index (κ2) is 25.9. The number of carbonyl (C=O) groups excluding carboxylic acids is 2. The van der Waals surface area contributed by atoms with Gasteiger partial charge in [0, 0.05) is 33.9 Å². The van der Waals surface area contributed by atoms with Gasteiger partial charge in [0.25, 0.3) is 0 Å². The van der Waals surface area contributed by atoms with Crippen LogP contribution in [0.3, 0.4) is 0 Å². The number of ether oxygens (including phenoxy) is 2. The molecule has 0 aromatic heterocycles. The molecule has 0 bridgehead atoms. The van der Waals surface area contributed by atoms with E-state index in [0.717, 1.165) is 12.2 Å². The monoisotopic (exact) mass is 414 g/mol. The van der Waals surface area contributed by atoms with E-state index in [1.807, 2.05) is 0 Å². The van der Waals surface area contributed by atoms with Crippen LogP contribution in [0.1, 0.15) is 48.5 Å². The van der Waals surface area contributed by atoms with Crippen molar-refractivity contribution in [3.8, 4) is 0 Å². The quantitative estimate of drug-likeness (QED) is 0.239. The normalized spacial score (nSPS) is 10.0. The van der Waals surface area contributed by atoms with Gasteiger partial charge in [0.05, 0.1) is 37.4 Å². The number of hydrogen-bond acceptors (Lipinski definition) is 8. The molecule has 9 heteroatoms. The number of carbonyl (C=O) groups is 2. The molecule has 0 saturated carbocycles. The maximum absolute atomic E-state index is 10.4. The van der Waals surface area contributed by atoms with Gasteiger partial charge in [-0.2, -0.15) is 0 Å². The maximum Gasteiger partial charge on any atom is 0.334 e. The Morgan fingerprint density at radius 1 is 0.885 bits per heavy atom. The van der Waals surface area contributed by atoms with Crippen molar-refractivity contribution in [3.05, 3.63) is 23.7 Å². The SMILES string of the molecule is CC(C)O.CC(C)O.CCOC(=O)C=C(C)O.COC(=O)C=C(C)O.[Ti]. The number of aliphatic hydroxyl groups is 4. The summed E-state index contributed by atoms with van der Waals surface area (Å²) in [4.78, 5) is 20.6. The van der Waals surface area contributed by atoms with Crippen LogP contribution in [0.5, 0.6) is 0 Å². The summed E-state index contributed by atoms with van der Waals surface area (Å²) in [6, 6.07) is 0. The summed E-state index contributed by atoms with van der Waals surface area (Å²) in [5.41, 5.74) is 0. The van der Waals surface area contributed by atoms with Crippen LogP contribution >= 0.6 is 0 Å². The van der Waals surface area contributed by atoms with Crippen LogP contribution in [0.15, 0.2) is 23.7 Å². The predicted molar refractivity (Wildman–Crippen MR) is 96.1 cm³/mol. The molecule has 4 N–H and O–H groups in total. The first-order valence-corrected chi connectivity index (χ1v) is 7.65. The third kappa shape index (κ3) is 78.2. The molecule has 0 aromatic carbocycles. The smallest absolute Gasteiger partial charge is 0.334 e. The van der Waals surface area contributed by atoms with Crippen molar-refractivity contribution in [2.24, 2.45) is 0 Å². The minimum absolute atomic E-state index is 0.